The van der Waals surface area contributed by atoms with Crippen molar-refractivity contribution < 1.29 is 4.79 Å². The van der Waals surface area contributed by atoms with E-state index in [1.165, 1.54) is 6.08 Å². The number of isocyanates is 1. The average Bonchev–Trinajstić information content (AvgIpc) is 1.81. The van der Waals surface area contributed by atoms with E-state index in [0.29, 0.717) is 6.54 Å². The molecule has 0 aliphatic rings. The third-order valence-corrected chi connectivity index (χ3v) is 0.891. The minimum Gasteiger partial charge on any atom is -0.211 e. The largest absolute Gasteiger partial charge is 0.235 e. The number of hydrogen-bond acceptors (Lipinski definition) is 2. The standard InChI is InChI=1S/C5H6BrNO/c6-3-1-2-4-7-5-8/h1-2H,3-4H2. The van der Waals surface area contributed by atoms with Crippen LogP contribution in [-0.4, -0.2) is 18.0 Å². The van der Waals surface area contributed by atoms with Crippen molar-refractivity contribution in [2.45, 2.75) is 0 Å². The van der Waals surface area contributed by atoms with Crippen LogP contribution in [0.15, 0.2) is 17.1 Å². The molecular formula is C5H6BrNO. The van der Waals surface area contributed by atoms with Gasteiger partial charge >= 0.3 is 0 Å². The van der Waals surface area contributed by atoms with E-state index < -0.39 is 0 Å². The molecule has 8 heavy (non-hydrogen) atoms. The number of allylic oxidation sites excluding steroid dienone is 1. The molecule has 0 aromatic heterocycles. The Morgan fingerprint density at radius 3 is 2.88 bits per heavy atom. The molecule has 0 aliphatic heterocycles. The molecule has 44 valence electrons. The van der Waals surface area contributed by atoms with Gasteiger partial charge in [-0.15, -0.1) is 0 Å². The molecule has 0 rings (SSSR count). The van der Waals surface area contributed by atoms with Gasteiger partial charge in [0.05, 0.1) is 6.54 Å². The van der Waals surface area contributed by atoms with E-state index in [0.717, 1.165) is 5.33 Å². The maximum absolute atomic E-state index is 9.43. The van der Waals surface area contributed by atoms with Crippen molar-refractivity contribution in [1.82, 2.24) is 0 Å². The molecule has 0 unspecified atom stereocenters. The zero-order chi connectivity index (χ0) is 6.24. The number of rotatable bonds is 3. The fraction of sp³-hybridized carbons (Fsp3) is 0.400. The molecule has 0 spiro atoms. The fourth-order valence-corrected chi connectivity index (χ4v) is 0.492. The summed E-state index contributed by atoms with van der Waals surface area (Å²) in [6.07, 6.45) is 5.10. The molecule has 0 aromatic rings. The highest BCUT2D eigenvalue weighted by molar-refractivity contribution is 9.09. The van der Waals surface area contributed by atoms with Gasteiger partial charge in [-0.1, -0.05) is 28.1 Å². The summed E-state index contributed by atoms with van der Waals surface area (Å²) >= 11 is 3.17. The molecule has 0 aromatic carbocycles. The van der Waals surface area contributed by atoms with Gasteiger partial charge in [-0.3, -0.25) is 0 Å². The van der Waals surface area contributed by atoms with Gasteiger partial charge in [0, 0.05) is 5.33 Å². The van der Waals surface area contributed by atoms with Gasteiger partial charge in [-0.25, -0.2) is 9.79 Å². The van der Waals surface area contributed by atoms with E-state index in [4.69, 9.17) is 0 Å². The number of aliphatic imine (C=N–C) groups is 1. The number of carbonyl (C=O) groups excluding carboxylic acids is 1. The van der Waals surface area contributed by atoms with E-state index in [1.54, 1.807) is 6.08 Å². The Balaban J connectivity index is 3.15. The summed E-state index contributed by atoms with van der Waals surface area (Å²) in [5, 5.41) is 0.807. The van der Waals surface area contributed by atoms with E-state index >= 15 is 0 Å². The van der Waals surface area contributed by atoms with Crippen LogP contribution in [0.2, 0.25) is 0 Å². The third-order valence-electron chi connectivity index (χ3n) is 0.517. The maximum Gasteiger partial charge on any atom is 0.235 e. The molecule has 0 N–H and O–H groups in total. The van der Waals surface area contributed by atoms with Crippen LogP contribution in [0.3, 0.4) is 0 Å². The minimum absolute atomic E-state index is 0.440. The minimum atomic E-state index is 0.440. The predicted molar refractivity (Wildman–Crippen MR) is 35.9 cm³/mol. The summed E-state index contributed by atoms with van der Waals surface area (Å²) in [6, 6.07) is 0. The van der Waals surface area contributed by atoms with Crippen molar-refractivity contribution in [3.05, 3.63) is 12.2 Å². The molecule has 0 aliphatic carbocycles. The lowest BCUT2D eigenvalue weighted by atomic mass is 10.5. The zero-order valence-electron chi connectivity index (χ0n) is 4.30. The lowest BCUT2D eigenvalue weighted by Gasteiger charge is -1.73. The van der Waals surface area contributed by atoms with Crippen LogP contribution in [-0.2, 0) is 4.79 Å². The number of hydrogen-bond donors (Lipinski definition) is 0. The molecule has 0 bridgehead atoms. The maximum atomic E-state index is 9.43. The van der Waals surface area contributed by atoms with E-state index in [2.05, 4.69) is 20.9 Å². The molecule has 0 amide bonds. The SMILES string of the molecule is O=C=NCC=CCBr. The fourth-order valence-electron chi connectivity index (χ4n) is 0.228. The number of halogens is 1. The predicted octanol–water partition coefficient (Wildman–Crippen LogP) is 1.27. The summed E-state index contributed by atoms with van der Waals surface area (Å²) in [6.45, 7) is 0.440. The highest BCUT2D eigenvalue weighted by Crippen LogP contribution is 1.80. The lowest BCUT2D eigenvalue weighted by molar-refractivity contribution is 0.564. The van der Waals surface area contributed by atoms with E-state index in [9.17, 15) is 4.79 Å². The molecule has 0 saturated heterocycles. The Labute approximate surface area is 56.4 Å². The Kier molecular flexibility index (Phi) is 6.27. The van der Waals surface area contributed by atoms with Gasteiger partial charge in [0.25, 0.3) is 0 Å². The topological polar surface area (TPSA) is 29.4 Å². The van der Waals surface area contributed by atoms with E-state index in [-0.39, 0.29) is 0 Å². The van der Waals surface area contributed by atoms with Gasteiger partial charge in [0.1, 0.15) is 0 Å². The summed E-state index contributed by atoms with van der Waals surface area (Å²) in [5.74, 6) is 0. The van der Waals surface area contributed by atoms with Crippen molar-refractivity contribution in [2.75, 3.05) is 11.9 Å². The van der Waals surface area contributed by atoms with E-state index in [1.807, 2.05) is 6.08 Å². The van der Waals surface area contributed by atoms with Crippen LogP contribution in [0, 0.1) is 0 Å². The van der Waals surface area contributed by atoms with Crippen molar-refractivity contribution >= 4 is 22.0 Å². The first-order valence-corrected chi connectivity index (χ1v) is 3.28. The Hall–Kier alpha value is -0.400. The molecule has 2 nitrogen and oxygen atoms in total. The monoisotopic (exact) mass is 175 g/mol. The van der Waals surface area contributed by atoms with Crippen molar-refractivity contribution in [1.29, 1.82) is 0 Å². The second-order valence-corrected chi connectivity index (χ2v) is 1.71. The first-order valence-electron chi connectivity index (χ1n) is 2.16. The molecule has 0 atom stereocenters. The first-order chi connectivity index (χ1) is 3.91. The Morgan fingerprint density at radius 2 is 2.38 bits per heavy atom. The molecule has 0 radical (unpaired) electrons. The molecule has 3 heteroatoms. The number of alkyl halides is 1. The first kappa shape index (κ1) is 7.60. The summed E-state index contributed by atoms with van der Waals surface area (Å²) in [5.41, 5.74) is 0. The van der Waals surface area contributed by atoms with Crippen molar-refractivity contribution in [3.63, 3.8) is 0 Å². The quantitative estimate of drug-likeness (QED) is 0.275. The van der Waals surface area contributed by atoms with Crippen LogP contribution < -0.4 is 0 Å². The molecule has 0 heterocycles. The number of nitrogens with zero attached hydrogens (tertiary/aromatic N) is 1. The smallest absolute Gasteiger partial charge is 0.211 e. The average molecular weight is 176 g/mol. The highest BCUT2D eigenvalue weighted by Gasteiger charge is 1.67. The Morgan fingerprint density at radius 1 is 1.62 bits per heavy atom. The van der Waals surface area contributed by atoms with Crippen LogP contribution in [0.25, 0.3) is 0 Å². The highest BCUT2D eigenvalue weighted by atomic mass is 79.9. The van der Waals surface area contributed by atoms with Gasteiger partial charge in [-0.05, 0) is 0 Å². The summed E-state index contributed by atoms with van der Waals surface area (Å²) in [7, 11) is 0. The van der Waals surface area contributed by atoms with Crippen LogP contribution >= 0.6 is 15.9 Å². The Bertz CT molecular complexity index is 116. The normalized spacial score (nSPS) is 9.12. The van der Waals surface area contributed by atoms with Gasteiger partial charge in [0.2, 0.25) is 6.08 Å². The second-order valence-electron chi connectivity index (χ2n) is 1.06. The molecular weight excluding hydrogens is 170 g/mol. The van der Waals surface area contributed by atoms with Crippen LogP contribution in [0.5, 0.6) is 0 Å². The van der Waals surface area contributed by atoms with Crippen LogP contribution in [0.1, 0.15) is 0 Å². The summed E-state index contributed by atoms with van der Waals surface area (Å²) in [4.78, 5) is 12.7. The lowest BCUT2D eigenvalue weighted by Crippen LogP contribution is -1.68. The van der Waals surface area contributed by atoms with Crippen molar-refractivity contribution in [3.8, 4) is 0 Å². The van der Waals surface area contributed by atoms with Crippen LogP contribution in [0.4, 0.5) is 0 Å². The zero-order valence-corrected chi connectivity index (χ0v) is 5.89. The van der Waals surface area contributed by atoms with Gasteiger partial charge in [0.15, 0.2) is 0 Å². The van der Waals surface area contributed by atoms with Gasteiger partial charge in [-0.2, -0.15) is 0 Å². The molecule has 0 fully saturated rings. The third kappa shape index (κ3) is 5.60. The second kappa shape index (κ2) is 6.60. The van der Waals surface area contributed by atoms with Gasteiger partial charge < -0.3 is 0 Å². The molecule has 0 saturated carbocycles. The summed E-state index contributed by atoms with van der Waals surface area (Å²) < 4.78 is 0. The van der Waals surface area contributed by atoms with Crippen molar-refractivity contribution in [2.24, 2.45) is 4.99 Å².